The molecule has 0 aliphatic carbocycles. The van der Waals surface area contributed by atoms with Crippen molar-refractivity contribution < 1.29 is 9.53 Å². The number of amides is 1. The molecular formula is C16H26N2O2. The van der Waals surface area contributed by atoms with Crippen molar-refractivity contribution >= 4 is 5.91 Å². The van der Waals surface area contributed by atoms with E-state index in [1.54, 1.807) is 6.07 Å². The molecule has 0 saturated carbocycles. The highest BCUT2D eigenvalue weighted by atomic mass is 16.5. The van der Waals surface area contributed by atoms with Gasteiger partial charge >= 0.3 is 0 Å². The summed E-state index contributed by atoms with van der Waals surface area (Å²) in [5.41, 5.74) is 0.142. The molecule has 0 unspecified atom stereocenters. The fourth-order valence-corrected chi connectivity index (χ4v) is 2.31. The molecule has 2 heterocycles. The van der Waals surface area contributed by atoms with Gasteiger partial charge < -0.3 is 15.4 Å². The molecule has 112 valence electrons. The Morgan fingerprint density at radius 1 is 1.05 bits per heavy atom. The Balaban J connectivity index is 0.000000461. The molecule has 1 saturated heterocycles. The summed E-state index contributed by atoms with van der Waals surface area (Å²) in [5, 5.41) is 6.25. The van der Waals surface area contributed by atoms with Gasteiger partial charge in [0.05, 0.1) is 5.56 Å². The number of nitrogens with one attached hydrogen (secondary N) is 2. The van der Waals surface area contributed by atoms with Gasteiger partial charge in [-0.2, -0.15) is 0 Å². The maximum absolute atomic E-state index is 11.9. The van der Waals surface area contributed by atoms with Gasteiger partial charge in [0.2, 0.25) is 0 Å². The van der Waals surface area contributed by atoms with Gasteiger partial charge in [-0.25, -0.2) is 0 Å². The Labute approximate surface area is 121 Å². The number of ether oxygens (including phenoxy) is 1. The molecule has 4 heteroatoms. The number of hydrogen-bond donors (Lipinski definition) is 2. The van der Waals surface area contributed by atoms with Gasteiger partial charge in [0, 0.05) is 25.9 Å². The lowest BCUT2D eigenvalue weighted by molar-refractivity contribution is -0.00351. The van der Waals surface area contributed by atoms with Crippen molar-refractivity contribution in [1.82, 2.24) is 10.6 Å². The van der Waals surface area contributed by atoms with E-state index in [1.807, 2.05) is 45.9 Å². The second-order valence-electron chi connectivity index (χ2n) is 4.30. The lowest BCUT2D eigenvalue weighted by Crippen LogP contribution is -2.60. The molecule has 2 aliphatic heterocycles. The second-order valence-corrected chi connectivity index (χ2v) is 4.30. The SMILES string of the molecule is CC.CC.O=C1NC2(CCNCC2)Oc2ccccc21. The van der Waals surface area contributed by atoms with E-state index in [1.165, 1.54) is 0 Å². The van der Waals surface area contributed by atoms with Crippen molar-refractivity contribution in [3.05, 3.63) is 29.8 Å². The smallest absolute Gasteiger partial charge is 0.258 e. The van der Waals surface area contributed by atoms with Crippen LogP contribution < -0.4 is 15.4 Å². The van der Waals surface area contributed by atoms with Crippen LogP contribution in [0.3, 0.4) is 0 Å². The molecular weight excluding hydrogens is 252 g/mol. The lowest BCUT2D eigenvalue weighted by Gasteiger charge is -2.41. The Hall–Kier alpha value is -1.55. The number of para-hydroxylation sites is 1. The monoisotopic (exact) mass is 278 g/mol. The maximum Gasteiger partial charge on any atom is 0.258 e. The van der Waals surface area contributed by atoms with Crippen molar-refractivity contribution in [2.45, 2.75) is 46.3 Å². The molecule has 2 aliphatic rings. The van der Waals surface area contributed by atoms with Crippen LogP contribution in [0.15, 0.2) is 24.3 Å². The summed E-state index contributed by atoms with van der Waals surface area (Å²) < 4.78 is 5.96. The first-order chi connectivity index (χ1) is 9.79. The van der Waals surface area contributed by atoms with E-state index < -0.39 is 5.72 Å². The number of carbonyl (C=O) groups is 1. The van der Waals surface area contributed by atoms with Crippen LogP contribution in [0.2, 0.25) is 0 Å². The summed E-state index contributed by atoms with van der Waals surface area (Å²) in [4.78, 5) is 11.9. The number of carbonyl (C=O) groups excluding carboxylic acids is 1. The Morgan fingerprint density at radius 3 is 2.30 bits per heavy atom. The number of fused-ring (bicyclic) bond motifs is 1. The van der Waals surface area contributed by atoms with Crippen LogP contribution in [0, 0.1) is 0 Å². The van der Waals surface area contributed by atoms with E-state index in [9.17, 15) is 4.79 Å². The quantitative estimate of drug-likeness (QED) is 0.767. The first-order valence-corrected chi connectivity index (χ1v) is 7.60. The van der Waals surface area contributed by atoms with Crippen molar-refractivity contribution in [3.63, 3.8) is 0 Å². The van der Waals surface area contributed by atoms with E-state index in [0.717, 1.165) is 25.9 Å². The van der Waals surface area contributed by atoms with Crippen LogP contribution in [0.25, 0.3) is 0 Å². The number of hydrogen-bond acceptors (Lipinski definition) is 3. The van der Waals surface area contributed by atoms with Crippen molar-refractivity contribution in [2.75, 3.05) is 13.1 Å². The minimum Gasteiger partial charge on any atom is -0.467 e. The molecule has 1 aromatic carbocycles. The van der Waals surface area contributed by atoms with Crippen molar-refractivity contribution in [1.29, 1.82) is 0 Å². The van der Waals surface area contributed by atoms with Crippen LogP contribution >= 0.6 is 0 Å². The van der Waals surface area contributed by atoms with E-state index in [-0.39, 0.29) is 5.91 Å². The molecule has 0 aromatic heterocycles. The molecule has 1 amide bonds. The number of rotatable bonds is 0. The molecule has 4 nitrogen and oxygen atoms in total. The van der Waals surface area contributed by atoms with Gasteiger partial charge in [0.1, 0.15) is 5.75 Å². The van der Waals surface area contributed by atoms with Gasteiger partial charge in [-0.05, 0) is 12.1 Å². The average Bonchev–Trinajstić information content (AvgIpc) is 2.52. The normalized spacial score (nSPS) is 18.3. The molecule has 0 bridgehead atoms. The standard InChI is InChI=1S/C12H14N2O2.2C2H6/c15-11-9-3-1-2-4-10(9)16-12(14-11)5-7-13-8-6-12;2*1-2/h1-4,13H,5-8H2,(H,14,15);2*1-2H3. The summed E-state index contributed by atoms with van der Waals surface area (Å²) in [7, 11) is 0. The van der Waals surface area contributed by atoms with E-state index in [0.29, 0.717) is 11.3 Å². The maximum atomic E-state index is 11.9. The van der Waals surface area contributed by atoms with Gasteiger partial charge in [-0.15, -0.1) is 0 Å². The van der Waals surface area contributed by atoms with Gasteiger partial charge in [-0.3, -0.25) is 4.79 Å². The van der Waals surface area contributed by atoms with Gasteiger partial charge in [-0.1, -0.05) is 39.8 Å². The minimum atomic E-state index is -0.489. The first-order valence-electron chi connectivity index (χ1n) is 7.60. The summed E-state index contributed by atoms with van der Waals surface area (Å²) in [6.45, 7) is 9.75. The zero-order valence-corrected chi connectivity index (χ0v) is 13.0. The van der Waals surface area contributed by atoms with Crippen LogP contribution in [0.5, 0.6) is 5.75 Å². The lowest BCUT2D eigenvalue weighted by atomic mass is 9.98. The molecule has 1 fully saturated rings. The summed E-state index contributed by atoms with van der Waals surface area (Å²) in [6.07, 6.45) is 1.63. The third-order valence-corrected chi connectivity index (χ3v) is 3.19. The fourth-order valence-electron chi connectivity index (χ4n) is 2.31. The number of benzene rings is 1. The summed E-state index contributed by atoms with van der Waals surface area (Å²) in [5.74, 6) is 0.678. The zero-order chi connectivity index (χ0) is 15.0. The highest BCUT2D eigenvalue weighted by Crippen LogP contribution is 2.31. The minimum absolute atomic E-state index is 0.0243. The van der Waals surface area contributed by atoms with E-state index in [2.05, 4.69) is 10.6 Å². The zero-order valence-electron chi connectivity index (χ0n) is 13.0. The van der Waals surface area contributed by atoms with Crippen LogP contribution in [0.4, 0.5) is 0 Å². The highest BCUT2D eigenvalue weighted by molar-refractivity contribution is 5.98. The molecule has 1 spiro atoms. The molecule has 2 N–H and O–H groups in total. The Bertz CT molecular complexity index is 426. The first kappa shape index (κ1) is 16.5. The molecule has 20 heavy (non-hydrogen) atoms. The van der Waals surface area contributed by atoms with Crippen LogP contribution in [-0.4, -0.2) is 24.7 Å². The molecule has 0 radical (unpaired) electrons. The predicted molar refractivity (Wildman–Crippen MR) is 82.1 cm³/mol. The highest BCUT2D eigenvalue weighted by Gasteiger charge is 2.40. The average molecular weight is 278 g/mol. The van der Waals surface area contributed by atoms with Crippen molar-refractivity contribution in [2.24, 2.45) is 0 Å². The van der Waals surface area contributed by atoms with E-state index >= 15 is 0 Å². The van der Waals surface area contributed by atoms with E-state index in [4.69, 9.17) is 4.74 Å². The Kier molecular flexibility index (Phi) is 6.52. The third kappa shape index (κ3) is 3.51. The summed E-state index contributed by atoms with van der Waals surface area (Å²) >= 11 is 0. The molecule has 1 aromatic rings. The van der Waals surface area contributed by atoms with Crippen LogP contribution in [-0.2, 0) is 0 Å². The topological polar surface area (TPSA) is 50.4 Å². The molecule has 0 atom stereocenters. The number of piperidine rings is 1. The van der Waals surface area contributed by atoms with Crippen molar-refractivity contribution in [3.8, 4) is 5.75 Å². The predicted octanol–water partition coefficient (Wildman–Crippen LogP) is 2.94. The fraction of sp³-hybridized carbons (Fsp3) is 0.562. The summed E-state index contributed by atoms with van der Waals surface area (Å²) in [6, 6.07) is 7.39. The largest absolute Gasteiger partial charge is 0.467 e. The van der Waals surface area contributed by atoms with Gasteiger partial charge in [0.15, 0.2) is 5.72 Å². The third-order valence-electron chi connectivity index (χ3n) is 3.19. The molecule has 3 rings (SSSR count). The van der Waals surface area contributed by atoms with Gasteiger partial charge in [0.25, 0.3) is 5.91 Å². The Morgan fingerprint density at radius 2 is 1.65 bits per heavy atom. The second kappa shape index (κ2) is 7.90. The van der Waals surface area contributed by atoms with Crippen LogP contribution in [0.1, 0.15) is 50.9 Å².